The van der Waals surface area contributed by atoms with Crippen LogP contribution in [0.3, 0.4) is 0 Å². The van der Waals surface area contributed by atoms with Crippen LogP contribution in [-0.4, -0.2) is 24.5 Å². The number of rotatable bonds is 5. The van der Waals surface area contributed by atoms with Gasteiger partial charge in [0.1, 0.15) is 5.82 Å². The number of carbonyl (C=O) groups is 1. The van der Waals surface area contributed by atoms with Crippen LogP contribution in [-0.2, 0) is 13.0 Å². The first-order chi connectivity index (χ1) is 11.0. The van der Waals surface area contributed by atoms with Crippen LogP contribution in [0.5, 0.6) is 0 Å². The largest absolute Gasteiger partial charge is 0.338 e. The van der Waals surface area contributed by atoms with Crippen molar-refractivity contribution in [2.24, 2.45) is 0 Å². The van der Waals surface area contributed by atoms with Crippen molar-refractivity contribution in [1.29, 1.82) is 0 Å². The Bertz CT molecular complexity index is 668. The van der Waals surface area contributed by atoms with Gasteiger partial charge in [0.25, 0.3) is 0 Å². The van der Waals surface area contributed by atoms with E-state index in [1.807, 2.05) is 0 Å². The van der Waals surface area contributed by atoms with Crippen LogP contribution in [0.2, 0.25) is 0 Å². The molecule has 0 aliphatic carbocycles. The summed E-state index contributed by atoms with van der Waals surface area (Å²) in [6.45, 7) is 5.22. The van der Waals surface area contributed by atoms with Crippen molar-refractivity contribution >= 4 is 6.03 Å². The summed E-state index contributed by atoms with van der Waals surface area (Å²) in [4.78, 5) is 13.8. The molecule has 0 unspecified atom stereocenters. The Balaban J connectivity index is 1.81. The molecule has 0 aliphatic rings. The topological polar surface area (TPSA) is 32.3 Å². The molecule has 0 aromatic heterocycles. The van der Waals surface area contributed by atoms with E-state index in [0.29, 0.717) is 19.5 Å². The predicted molar refractivity (Wildman–Crippen MR) is 90.9 cm³/mol. The summed E-state index contributed by atoms with van der Waals surface area (Å²) < 4.78 is 12.8. The second kappa shape index (κ2) is 7.77. The number of aryl methyl sites for hydroxylation is 2. The van der Waals surface area contributed by atoms with Gasteiger partial charge in [-0.05, 0) is 49.1 Å². The van der Waals surface area contributed by atoms with Crippen LogP contribution in [0.25, 0.3) is 0 Å². The van der Waals surface area contributed by atoms with Gasteiger partial charge >= 0.3 is 6.03 Å². The van der Waals surface area contributed by atoms with E-state index in [9.17, 15) is 9.18 Å². The summed E-state index contributed by atoms with van der Waals surface area (Å²) in [7, 11) is 1.78. The zero-order valence-electron chi connectivity index (χ0n) is 13.9. The SMILES string of the molecule is Cc1ccc(CN(C)C(=O)NCCc2ccc(F)cc2)c(C)c1. The summed E-state index contributed by atoms with van der Waals surface area (Å²) >= 11 is 0. The van der Waals surface area contributed by atoms with Crippen LogP contribution in [0.1, 0.15) is 22.3 Å². The highest BCUT2D eigenvalue weighted by molar-refractivity contribution is 5.73. The molecular formula is C19H23FN2O. The third-order valence-electron chi connectivity index (χ3n) is 3.86. The van der Waals surface area contributed by atoms with E-state index in [1.165, 1.54) is 23.3 Å². The minimum atomic E-state index is -0.244. The zero-order chi connectivity index (χ0) is 16.8. The van der Waals surface area contributed by atoms with Gasteiger partial charge in [0.2, 0.25) is 0 Å². The molecule has 122 valence electrons. The van der Waals surface area contributed by atoms with E-state index >= 15 is 0 Å². The zero-order valence-corrected chi connectivity index (χ0v) is 13.9. The molecule has 2 amide bonds. The van der Waals surface area contributed by atoms with Crippen LogP contribution in [0.15, 0.2) is 42.5 Å². The maximum Gasteiger partial charge on any atom is 0.317 e. The van der Waals surface area contributed by atoms with Crippen LogP contribution < -0.4 is 5.32 Å². The molecule has 2 rings (SSSR count). The molecule has 0 radical (unpaired) electrons. The second-order valence-electron chi connectivity index (χ2n) is 5.89. The summed E-state index contributed by atoms with van der Waals surface area (Å²) in [5.74, 6) is -0.244. The van der Waals surface area contributed by atoms with Crippen molar-refractivity contribution in [1.82, 2.24) is 10.2 Å². The Morgan fingerprint density at radius 3 is 2.48 bits per heavy atom. The second-order valence-corrected chi connectivity index (χ2v) is 5.89. The van der Waals surface area contributed by atoms with Crippen molar-refractivity contribution in [3.63, 3.8) is 0 Å². The average Bonchev–Trinajstić information content (AvgIpc) is 2.51. The van der Waals surface area contributed by atoms with E-state index in [0.717, 1.165) is 11.1 Å². The lowest BCUT2D eigenvalue weighted by Crippen LogP contribution is -2.37. The number of amides is 2. The fraction of sp³-hybridized carbons (Fsp3) is 0.316. The third kappa shape index (κ3) is 5.09. The molecule has 0 fully saturated rings. The Labute approximate surface area is 137 Å². The van der Waals surface area contributed by atoms with Gasteiger partial charge in [-0.15, -0.1) is 0 Å². The van der Waals surface area contributed by atoms with Gasteiger partial charge < -0.3 is 10.2 Å². The lowest BCUT2D eigenvalue weighted by molar-refractivity contribution is 0.207. The van der Waals surface area contributed by atoms with E-state index in [1.54, 1.807) is 24.1 Å². The Kier molecular flexibility index (Phi) is 5.74. The molecule has 2 aromatic rings. The summed E-state index contributed by atoms with van der Waals surface area (Å²) in [6, 6.07) is 12.5. The van der Waals surface area contributed by atoms with Gasteiger partial charge in [-0.2, -0.15) is 0 Å². The third-order valence-corrected chi connectivity index (χ3v) is 3.86. The smallest absolute Gasteiger partial charge is 0.317 e. The number of urea groups is 1. The van der Waals surface area contributed by atoms with Gasteiger partial charge in [0, 0.05) is 20.1 Å². The average molecular weight is 314 g/mol. The Morgan fingerprint density at radius 1 is 1.13 bits per heavy atom. The van der Waals surface area contributed by atoms with Gasteiger partial charge in [-0.25, -0.2) is 9.18 Å². The van der Waals surface area contributed by atoms with E-state index in [4.69, 9.17) is 0 Å². The molecular weight excluding hydrogens is 291 g/mol. The molecule has 2 aromatic carbocycles. The number of carbonyl (C=O) groups excluding carboxylic acids is 1. The molecule has 0 saturated heterocycles. The minimum Gasteiger partial charge on any atom is -0.338 e. The first-order valence-corrected chi connectivity index (χ1v) is 7.75. The fourth-order valence-corrected chi connectivity index (χ4v) is 2.45. The highest BCUT2D eigenvalue weighted by atomic mass is 19.1. The molecule has 0 aliphatic heterocycles. The highest BCUT2D eigenvalue weighted by Gasteiger charge is 2.10. The first kappa shape index (κ1) is 17.0. The lowest BCUT2D eigenvalue weighted by atomic mass is 10.1. The normalized spacial score (nSPS) is 10.4. The quantitative estimate of drug-likeness (QED) is 0.894. The van der Waals surface area contributed by atoms with Gasteiger partial charge in [-0.1, -0.05) is 35.9 Å². The molecule has 3 nitrogen and oxygen atoms in total. The van der Waals surface area contributed by atoms with E-state index < -0.39 is 0 Å². The van der Waals surface area contributed by atoms with E-state index in [-0.39, 0.29) is 11.8 Å². The molecule has 0 saturated carbocycles. The standard InChI is InChI=1S/C19H23FN2O/c1-14-4-7-17(15(2)12-14)13-22(3)19(23)21-11-10-16-5-8-18(20)9-6-16/h4-9,12H,10-11,13H2,1-3H3,(H,21,23). The number of hydrogen-bond donors (Lipinski definition) is 1. The number of nitrogens with zero attached hydrogens (tertiary/aromatic N) is 1. The number of benzene rings is 2. The summed E-state index contributed by atoms with van der Waals surface area (Å²) in [5.41, 5.74) is 4.56. The molecule has 0 atom stereocenters. The molecule has 0 spiro atoms. The van der Waals surface area contributed by atoms with Crippen LogP contribution in [0.4, 0.5) is 9.18 Å². The highest BCUT2D eigenvalue weighted by Crippen LogP contribution is 2.12. The number of hydrogen-bond acceptors (Lipinski definition) is 1. The molecule has 1 N–H and O–H groups in total. The Hall–Kier alpha value is -2.36. The molecule has 0 bridgehead atoms. The first-order valence-electron chi connectivity index (χ1n) is 7.75. The number of nitrogens with one attached hydrogen (secondary N) is 1. The van der Waals surface area contributed by atoms with Crippen molar-refractivity contribution in [3.05, 3.63) is 70.5 Å². The summed E-state index contributed by atoms with van der Waals surface area (Å²) in [5, 5.41) is 2.89. The fourth-order valence-electron chi connectivity index (χ4n) is 2.45. The van der Waals surface area contributed by atoms with Crippen molar-refractivity contribution < 1.29 is 9.18 Å². The van der Waals surface area contributed by atoms with Crippen molar-refractivity contribution in [2.75, 3.05) is 13.6 Å². The molecule has 4 heteroatoms. The maximum absolute atomic E-state index is 12.8. The molecule has 23 heavy (non-hydrogen) atoms. The van der Waals surface area contributed by atoms with Crippen LogP contribution >= 0.6 is 0 Å². The lowest BCUT2D eigenvalue weighted by Gasteiger charge is -2.19. The molecule has 0 heterocycles. The monoisotopic (exact) mass is 314 g/mol. The van der Waals surface area contributed by atoms with Crippen molar-refractivity contribution in [3.8, 4) is 0 Å². The van der Waals surface area contributed by atoms with Gasteiger partial charge in [0.15, 0.2) is 0 Å². The minimum absolute atomic E-state index is 0.105. The van der Waals surface area contributed by atoms with Gasteiger partial charge in [-0.3, -0.25) is 0 Å². The number of halogens is 1. The van der Waals surface area contributed by atoms with Crippen LogP contribution in [0, 0.1) is 19.7 Å². The van der Waals surface area contributed by atoms with Gasteiger partial charge in [0.05, 0.1) is 0 Å². The maximum atomic E-state index is 12.8. The predicted octanol–water partition coefficient (Wildman–Crippen LogP) is 3.83. The van der Waals surface area contributed by atoms with E-state index in [2.05, 4.69) is 37.4 Å². The Morgan fingerprint density at radius 2 is 1.83 bits per heavy atom. The van der Waals surface area contributed by atoms with Crippen molar-refractivity contribution in [2.45, 2.75) is 26.8 Å². The summed E-state index contributed by atoms with van der Waals surface area (Å²) in [6.07, 6.45) is 0.684.